The normalized spacial score (nSPS) is 10.4. The first-order valence-electron chi connectivity index (χ1n) is 5.23. The minimum absolute atomic E-state index is 0.263. The highest BCUT2D eigenvalue weighted by atomic mass is 16.1. The Morgan fingerprint density at radius 2 is 2.36 bits per heavy atom. The van der Waals surface area contributed by atoms with Crippen LogP contribution in [0.1, 0.15) is 38.9 Å². The molecular formula is C11H18N2O. The minimum Gasteiger partial charge on any atom is -0.335 e. The molecule has 0 aliphatic rings. The average Bonchev–Trinajstić information content (AvgIpc) is 2.53. The molecule has 0 fully saturated rings. The Bertz CT molecular complexity index is 291. The quantitative estimate of drug-likeness (QED) is 0.696. The highest BCUT2D eigenvalue weighted by molar-refractivity contribution is 5.75. The molecule has 78 valence electrons. The molecule has 0 saturated heterocycles. The summed E-state index contributed by atoms with van der Waals surface area (Å²) in [6, 6.07) is 0. The van der Waals surface area contributed by atoms with Crippen LogP contribution < -0.4 is 0 Å². The molecular weight excluding hydrogens is 176 g/mol. The largest absolute Gasteiger partial charge is 0.335 e. The molecule has 0 aromatic carbocycles. The second-order valence-corrected chi connectivity index (χ2v) is 3.59. The van der Waals surface area contributed by atoms with Gasteiger partial charge in [-0.05, 0) is 19.8 Å². The van der Waals surface area contributed by atoms with Crippen LogP contribution in [0.2, 0.25) is 0 Å². The Hall–Kier alpha value is -1.12. The Morgan fingerprint density at radius 1 is 1.57 bits per heavy atom. The zero-order chi connectivity index (χ0) is 10.4. The molecule has 0 saturated carbocycles. The van der Waals surface area contributed by atoms with Gasteiger partial charge in [-0.25, -0.2) is 4.98 Å². The average molecular weight is 194 g/mol. The van der Waals surface area contributed by atoms with Crippen molar-refractivity contribution in [2.24, 2.45) is 0 Å². The lowest BCUT2D eigenvalue weighted by atomic mass is 10.2. The van der Waals surface area contributed by atoms with Crippen LogP contribution in [-0.2, 0) is 17.8 Å². The van der Waals surface area contributed by atoms with E-state index < -0.39 is 0 Å². The van der Waals surface area contributed by atoms with E-state index >= 15 is 0 Å². The third kappa shape index (κ3) is 3.32. The molecule has 3 heteroatoms. The van der Waals surface area contributed by atoms with Gasteiger partial charge in [-0.2, -0.15) is 0 Å². The molecule has 0 bridgehead atoms. The van der Waals surface area contributed by atoms with Crippen LogP contribution in [-0.4, -0.2) is 15.3 Å². The van der Waals surface area contributed by atoms with Gasteiger partial charge in [0.1, 0.15) is 11.6 Å². The van der Waals surface area contributed by atoms with Crippen LogP contribution in [0.4, 0.5) is 0 Å². The number of imidazole rings is 1. The van der Waals surface area contributed by atoms with Crippen molar-refractivity contribution in [3.8, 4) is 0 Å². The fourth-order valence-corrected chi connectivity index (χ4v) is 1.51. The van der Waals surface area contributed by atoms with Crippen molar-refractivity contribution in [2.45, 2.75) is 46.1 Å². The summed E-state index contributed by atoms with van der Waals surface area (Å²) in [6.07, 6.45) is 7.45. The van der Waals surface area contributed by atoms with Crippen molar-refractivity contribution in [3.63, 3.8) is 0 Å². The van der Waals surface area contributed by atoms with E-state index in [0.29, 0.717) is 6.42 Å². The molecule has 0 amide bonds. The van der Waals surface area contributed by atoms with Gasteiger partial charge in [0.05, 0.1) is 0 Å². The third-order valence-corrected chi connectivity index (χ3v) is 2.20. The van der Waals surface area contributed by atoms with Crippen molar-refractivity contribution in [2.75, 3.05) is 0 Å². The lowest BCUT2D eigenvalue weighted by Crippen LogP contribution is -2.03. The lowest BCUT2D eigenvalue weighted by Gasteiger charge is -2.04. The van der Waals surface area contributed by atoms with E-state index in [1.807, 2.05) is 12.4 Å². The number of rotatable bonds is 6. The van der Waals surface area contributed by atoms with Gasteiger partial charge in [0.2, 0.25) is 0 Å². The van der Waals surface area contributed by atoms with Gasteiger partial charge in [0.25, 0.3) is 0 Å². The summed E-state index contributed by atoms with van der Waals surface area (Å²) in [5.74, 6) is 1.37. The van der Waals surface area contributed by atoms with Gasteiger partial charge >= 0.3 is 0 Å². The summed E-state index contributed by atoms with van der Waals surface area (Å²) in [5, 5.41) is 0. The number of aryl methyl sites for hydroxylation is 2. The molecule has 0 spiro atoms. The summed E-state index contributed by atoms with van der Waals surface area (Å²) in [4.78, 5) is 15.0. The van der Waals surface area contributed by atoms with E-state index in [0.717, 1.165) is 31.6 Å². The first kappa shape index (κ1) is 11.0. The van der Waals surface area contributed by atoms with Crippen molar-refractivity contribution in [1.82, 2.24) is 9.55 Å². The monoisotopic (exact) mass is 194 g/mol. The Labute approximate surface area is 85.2 Å². The molecule has 1 rings (SSSR count). The first-order valence-corrected chi connectivity index (χ1v) is 5.23. The topological polar surface area (TPSA) is 34.9 Å². The van der Waals surface area contributed by atoms with Crippen molar-refractivity contribution >= 4 is 5.78 Å². The van der Waals surface area contributed by atoms with Gasteiger partial charge in [-0.15, -0.1) is 0 Å². The Balaban J connectivity index is 2.41. The van der Waals surface area contributed by atoms with Crippen LogP contribution in [0.15, 0.2) is 12.4 Å². The number of ketones is 1. The smallest absolute Gasteiger partial charge is 0.129 e. The SMILES string of the molecule is CCCn1ccnc1CCCC(C)=O. The fourth-order valence-electron chi connectivity index (χ4n) is 1.51. The third-order valence-electron chi connectivity index (χ3n) is 2.20. The minimum atomic E-state index is 0.263. The highest BCUT2D eigenvalue weighted by Gasteiger charge is 2.02. The van der Waals surface area contributed by atoms with E-state index in [9.17, 15) is 4.79 Å². The Kier molecular flexibility index (Phi) is 4.36. The Morgan fingerprint density at radius 3 is 3.00 bits per heavy atom. The molecule has 0 N–H and O–H groups in total. The van der Waals surface area contributed by atoms with Crippen molar-refractivity contribution < 1.29 is 4.79 Å². The standard InChI is InChI=1S/C11H18N2O/c1-3-8-13-9-7-12-11(13)6-4-5-10(2)14/h7,9H,3-6,8H2,1-2H3. The number of hydrogen-bond acceptors (Lipinski definition) is 2. The van der Waals surface area contributed by atoms with E-state index in [4.69, 9.17) is 0 Å². The molecule has 1 aromatic heterocycles. The van der Waals surface area contributed by atoms with E-state index in [1.165, 1.54) is 0 Å². The van der Waals surface area contributed by atoms with E-state index in [2.05, 4.69) is 16.5 Å². The van der Waals surface area contributed by atoms with Gasteiger partial charge in [-0.3, -0.25) is 0 Å². The second kappa shape index (κ2) is 5.58. The first-order chi connectivity index (χ1) is 6.74. The number of Topliss-reactive ketones (excluding diaryl/α,β-unsaturated/α-hetero) is 1. The summed E-state index contributed by atoms with van der Waals surface area (Å²) in [7, 11) is 0. The van der Waals surface area contributed by atoms with Gasteiger partial charge < -0.3 is 9.36 Å². The second-order valence-electron chi connectivity index (χ2n) is 3.59. The van der Waals surface area contributed by atoms with Crippen LogP contribution in [0.3, 0.4) is 0 Å². The van der Waals surface area contributed by atoms with E-state index in [1.54, 1.807) is 6.92 Å². The molecule has 0 unspecified atom stereocenters. The zero-order valence-corrected chi connectivity index (χ0v) is 8.99. The van der Waals surface area contributed by atoms with Gasteiger partial charge in [0, 0.05) is 31.8 Å². The number of carbonyl (C=O) groups excluding carboxylic acids is 1. The predicted molar refractivity (Wildman–Crippen MR) is 56.1 cm³/mol. The van der Waals surface area contributed by atoms with Crippen molar-refractivity contribution in [1.29, 1.82) is 0 Å². The molecule has 1 heterocycles. The maximum Gasteiger partial charge on any atom is 0.129 e. The summed E-state index contributed by atoms with van der Waals surface area (Å²) in [5.41, 5.74) is 0. The highest BCUT2D eigenvalue weighted by Crippen LogP contribution is 2.04. The molecule has 14 heavy (non-hydrogen) atoms. The van der Waals surface area contributed by atoms with Crippen LogP contribution in [0.5, 0.6) is 0 Å². The number of nitrogens with zero attached hydrogens (tertiary/aromatic N) is 2. The summed E-state index contributed by atoms with van der Waals surface area (Å²) in [6.45, 7) is 4.81. The van der Waals surface area contributed by atoms with Crippen molar-refractivity contribution in [3.05, 3.63) is 18.2 Å². The maximum absolute atomic E-state index is 10.8. The van der Waals surface area contributed by atoms with E-state index in [-0.39, 0.29) is 5.78 Å². The fraction of sp³-hybridized carbons (Fsp3) is 0.636. The molecule has 0 atom stereocenters. The molecule has 0 aliphatic heterocycles. The van der Waals surface area contributed by atoms with Crippen LogP contribution in [0, 0.1) is 0 Å². The predicted octanol–water partition coefficient (Wildman–Crippen LogP) is 2.20. The maximum atomic E-state index is 10.8. The number of carbonyl (C=O) groups is 1. The number of hydrogen-bond donors (Lipinski definition) is 0. The molecule has 1 aromatic rings. The lowest BCUT2D eigenvalue weighted by molar-refractivity contribution is -0.117. The molecule has 3 nitrogen and oxygen atoms in total. The zero-order valence-electron chi connectivity index (χ0n) is 8.99. The van der Waals surface area contributed by atoms with Gasteiger partial charge in [0.15, 0.2) is 0 Å². The molecule has 0 radical (unpaired) electrons. The number of aromatic nitrogens is 2. The van der Waals surface area contributed by atoms with Crippen LogP contribution >= 0.6 is 0 Å². The van der Waals surface area contributed by atoms with Crippen LogP contribution in [0.25, 0.3) is 0 Å². The molecule has 0 aliphatic carbocycles. The summed E-state index contributed by atoms with van der Waals surface area (Å²) >= 11 is 0. The van der Waals surface area contributed by atoms with Gasteiger partial charge in [-0.1, -0.05) is 6.92 Å². The summed E-state index contributed by atoms with van der Waals surface area (Å²) < 4.78 is 2.17.